The summed E-state index contributed by atoms with van der Waals surface area (Å²) in [6.45, 7) is 4.55. The molecule has 0 N–H and O–H groups in total. The summed E-state index contributed by atoms with van der Waals surface area (Å²) in [5.74, 6) is 1.17. The summed E-state index contributed by atoms with van der Waals surface area (Å²) in [6.07, 6.45) is 5.30. The Kier molecular flexibility index (Phi) is 4.85. The standard InChI is InChI=1S/C16H26N2O3S/c1-12-10-14(12)16(20)18-8-6-17(7-9-18)15(19)11-22(21)13-4-2-3-5-13/h12-14H,2-11H2,1H3/t12-,14?,22?/m0/s1. The molecule has 2 amide bonds. The molecule has 1 aliphatic heterocycles. The van der Waals surface area contributed by atoms with Crippen LogP contribution in [-0.2, 0) is 20.4 Å². The minimum absolute atomic E-state index is 0.00266. The Morgan fingerprint density at radius 2 is 1.59 bits per heavy atom. The zero-order valence-electron chi connectivity index (χ0n) is 13.3. The summed E-state index contributed by atoms with van der Waals surface area (Å²) in [4.78, 5) is 28.1. The summed E-state index contributed by atoms with van der Waals surface area (Å²) in [5, 5.41) is 0.225. The number of carbonyl (C=O) groups excluding carboxylic acids is 2. The van der Waals surface area contributed by atoms with Crippen LogP contribution in [-0.4, -0.2) is 63.0 Å². The molecule has 0 aromatic heterocycles. The van der Waals surface area contributed by atoms with Crippen molar-refractivity contribution in [3.05, 3.63) is 0 Å². The van der Waals surface area contributed by atoms with Gasteiger partial charge in [-0.1, -0.05) is 19.8 Å². The van der Waals surface area contributed by atoms with Crippen LogP contribution in [0, 0.1) is 11.8 Å². The van der Waals surface area contributed by atoms with Crippen LogP contribution in [0.25, 0.3) is 0 Å². The maximum atomic E-state index is 12.3. The van der Waals surface area contributed by atoms with Crippen LogP contribution in [0.4, 0.5) is 0 Å². The van der Waals surface area contributed by atoms with Gasteiger partial charge in [0.05, 0.1) is 0 Å². The van der Waals surface area contributed by atoms with E-state index in [0.29, 0.717) is 32.1 Å². The number of amides is 2. The third kappa shape index (κ3) is 3.53. The molecule has 2 saturated carbocycles. The summed E-state index contributed by atoms with van der Waals surface area (Å²) in [5.41, 5.74) is 0. The first-order valence-corrected chi connectivity index (χ1v) is 9.88. The third-order valence-corrected chi connectivity index (χ3v) is 7.06. The molecule has 6 heteroatoms. The van der Waals surface area contributed by atoms with Gasteiger partial charge in [-0.3, -0.25) is 13.8 Å². The fourth-order valence-corrected chi connectivity index (χ4v) is 5.08. The highest BCUT2D eigenvalue weighted by Gasteiger charge is 2.42. The Balaban J connectivity index is 1.43. The average Bonchev–Trinajstić information content (AvgIpc) is 3.03. The van der Waals surface area contributed by atoms with E-state index in [1.807, 2.05) is 4.90 Å². The molecule has 3 aliphatic rings. The van der Waals surface area contributed by atoms with Crippen molar-refractivity contribution in [3.8, 4) is 0 Å². The Bertz CT molecular complexity index is 468. The van der Waals surface area contributed by atoms with E-state index in [0.717, 1.165) is 32.1 Å². The topological polar surface area (TPSA) is 57.7 Å². The fraction of sp³-hybridized carbons (Fsp3) is 0.875. The van der Waals surface area contributed by atoms with Gasteiger partial charge in [0.2, 0.25) is 11.8 Å². The second-order valence-electron chi connectivity index (χ2n) is 6.96. The maximum absolute atomic E-state index is 12.3. The van der Waals surface area contributed by atoms with E-state index in [2.05, 4.69) is 6.92 Å². The quantitative estimate of drug-likeness (QED) is 0.774. The number of hydrogen-bond acceptors (Lipinski definition) is 3. The molecule has 3 atom stereocenters. The fourth-order valence-electron chi connectivity index (χ4n) is 3.56. The zero-order chi connectivity index (χ0) is 15.7. The molecular formula is C16H26N2O3S. The van der Waals surface area contributed by atoms with Gasteiger partial charge in [-0.15, -0.1) is 0 Å². The SMILES string of the molecule is C[C@H]1CC1C(=O)N1CCN(C(=O)CS(=O)C2CCCC2)CC1. The Morgan fingerprint density at radius 3 is 2.14 bits per heavy atom. The molecule has 0 aromatic carbocycles. The van der Waals surface area contributed by atoms with Crippen molar-refractivity contribution < 1.29 is 13.8 Å². The molecule has 0 bridgehead atoms. The minimum Gasteiger partial charge on any atom is -0.339 e. The van der Waals surface area contributed by atoms with Crippen LogP contribution in [0.15, 0.2) is 0 Å². The lowest BCUT2D eigenvalue weighted by Crippen LogP contribution is -2.52. The molecule has 0 radical (unpaired) electrons. The average molecular weight is 326 g/mol. The van der Waals surface area contributed by atoms with Gasteiger partial charge in [0.1, 0.15) is 5.75 Å². The number of nitrogens with zero attached hydrogens (tertiary/aromatic N) is 2. The lowest BCUT2D eigenvalue weighted by molar-refractivity contribution is -0.139. The van der Waals surface area contributed by atoms with Gasteiger partial charge in [-0.2, -0.15) is 0 Å². The molecule has 0 spiro atoms. The summed E-state index contributed by atoms with van der Waals surface area (Å²) in [6, 6.07) is 0. The van der Waals surface area contributed by atoms with Crippen molar-refractivity contribution in [3.63, 3.8) is 0 Å². The number of hydrogen-bond donors (Lipinski definition) is 0. The smallest absolute Gasteiger partial charge is 0.235 e. The molecule has 22 heavy (non-hydrogen) atoms. The first-order chi connectivity index (χ1) is 10.6. The highest BCUT2D eigenvalue weighted by molar-refractivity contribution is 7.86. The molecule has 2 aliphatic carbocycles. The van der Waals surface area contributed by atoms with Crippen LogP contribution in [0.3, 0.4) is 0 Å². The monoisotopic (exact) mass is 326 g/mol. The second kappa shape index (κ2) is 6.69. The number of carbonyl (C=O) groups is 2. The van der Waals surface area contributed by atoms with Crippen LogP contribution in [0.5, 0.6) is 0 Å². The predicted octanol–water partition coefficient (Wildman–Crippen LogP) is 1.00. The van der Waals surface area contributed by atoms with Crippen LogP contribution < -0.4 is 0 Å². The van der Waals surface area contributed by atoms with Crippen molar-refractivity contribution in [2.24, 2.45) is 11.8 Å². The van der Waals surface area contributed by atoms with E-state index in [1.165, 1.54) is 0 Å². The molecule has 3 rings (SSSR count). The second-order valence-corrected chi connectivity index (χ2v) is 8.67. The van der Waals surface area contributed by atoms with E-state index in [4.69, 9.17) is 0 Å². The Hall–Kier alpha value is -0.910. The van der Waals surface area contributed by atoms with Crippen LogP contribution in [0.2, 0.25) is 0 Å². The van der Waals surface area contributed by atoms with Crippen LogP contribution >= 0.6 is 0 Å². The van der Waals surface area contributed by atoms with Gasteiger partial charge in [0.25, 0.3) is 0 Å². The van der Waals surface area contributed by atoms with Crippen molar-refractivity contribution in [2.75, 3.05) is 31.9 Å². The van der Waals surface area contributed by atoms with Crippen LogP contribution in [0.1, 0.15) is 39.0 Å². The normalized spacial score (nSPS) is 30.4. The molecule has 5 nitrogen and oxygen atoms in total. The van der Waals surface area contributed by atoms with Gasteiger partial charge < -0.3 is 9.80 Å². The van der Waals surface area contributed by atoms with Gasteiger partial charge in [0.15, 0.2) is 0 Å². The van der Waals surface area contributed by atoms with E-state index in [9.17, 15) is 13.8 Å². The molecule has 3 fully saturated rings. The highest BCUT2D eigenvalue weighted by Crippen LogP contribution is 2.39. The van der Waals surface area contributed by atoms with E-state index < -0.39 is 10.8 Å². The predicted molar refractivity (Wildman–Crippen MR) is 85.7 cm³/mol. The van der Waals surface area contributed by atoms with Gasteiger partial charge in [-0.05, 0) is 25.2 Å². The molecule has 2 unspecified atom stereocenters. The third-order valence-electron chi connectivity index (χ3n) is 5.31. The molecule has 0 aromatic rings. The Labute approximate surface area is 134 Å². The lowest BCUT2D eigenvalue weighted by atomic mass is 10.2. The van der Waals surface area contributed by atoms with Crippen molar-refractivity contribution in [2.45, 2.75) is 44.3 Å². The Morgan fingerprint density at radius 1 is 1.05 bits per heavy atom. The van der Waals surface area contributed by atoms with Gasteiger partial charge in [0, 0.05) is 48.1 Å². The van der Waals surface area contributed by atoms with E-state index >= 15 is 0 Å². The minimum atomic E-state index is -1.02. The number of rotatable bonds is 4. The van der Waals surface area contributed by atoms with Crippen molar-refractivity contribution >= 4 is 22.6 Å². The van der Waals surface area contributed by atoms with Gasteiger partial charge >= 0.3 is 0 Å². The summed E-state index contributed by atoms with van der Waals surface area (Å²) >= 11 is 0. The largest absolute Gasteiger partial charge is 0.339 e. The first-order valence-electron chi connectivity index (χ1n) is 8.50. The summed E-state index contributed by atoms with van der Waals surface area (Å²) < 4.78 is 12.2. The van der Waals surface area contributed by atoms with Gasteiger partial charge in [-0.25, -0.2) is 0 Å². The first kappa shape index (κ1) is 16.0. The summed E-state index contributed by atoms with van der Waals surface area (Å²) in [7, 11) is -1.02. The zero-order valence-corrected chi connectivity index (χ0v) is 14.1. The molecule has 124 valence electrons. The van der Waals surface area contributed by atoms with Crippen molar-refractivity contribution in [1.82, 2.24) is 9.80 Å². The molecule has 1 saturated heterocycles. The molecule has 1 heterocycles. The van der Waals surface area contributed by atoms with E-state index in [1.54, 1.807) is 4.90 Å². The number of piperazine rings is 1. The highest BCUT2D eigenvalue weighted by atomic mass is 32.2. The van der Waals surface area contributed by atoms with E-state index in [-0.39, 0.29) is 28.7 Å². The van der Waals surface area contributed by atoms with Crippen molar-refractivity contribution in [1.29, 1.82) is 0 Å². The maximum Gasteiger partial charge on any atom is 0.235 e. The lowest BCUT2D eigenvalue weighted by Gasteiger charge is -2.35. The molecular weight excluding hydrogens is 300 g/mol.